The molecule has 1 N–H and O–H groups in total. The Morgan fingerprint density at radius 3 is 2.51 bits per heavy atom. The van der Waals surface area contributed by atoms with E-state index in [0.717, 1.165) is 4.88 Å². The van der Waals surface area contributed by atoms with E-state index >= 15 is 0 Å². The average Bonchev–Trinajstić information content (AvgIpc) is 3.51. The molecule has 1 aromatic heterocycles. The minimum Gasteiger partial charge on any atom is -0.507 e. The monoisotopic (exact) mass is 493 g/mol. The first-order valence-electron chi connectivity index (χ1n) is 11.1. The third kappa shape index (κ3) is 4.42. The Bertz CT molecular complexity index is 1270. The summed E-state index contributed by atoms with van der Waals surface area (Å²) < 4.78 is 22.1. The van der Waals surface area contributed by atoms with E-state index < -0.39 is 17.7 Å². The number of aliphatic hydroxyl groups excluding tert-OH is 1. The normalized spacial score (nSPS) is 18.5. The van der Waals surface area contributed by atoms with Crippen LogP contribution in [0, 0.1) is 0 Å². The zero-order valence-electron chi connectivity index (χ0n) is 18.9. The SMILES string of the molecule is COc1ccc(OCCN2C(=O)C(=O)/C(=C(\O)c3ccc4c(c3)OCCO4)C2c2cccs2)cc1. The van der Waals surface area contributed by atoms with Crippen LogP contribution in [-0.2, 0) is 9.59 Å². The number of methoxy groups -OCH3 is 1. The molecular weight excluding hydrogens is 470 g/mol. The molecule has 8 nitrogen and oxygen atoms in total. The van der Waals surface area contributed by atoms with Crippen molar-refractivity contribution in [2.24, 2.45) is 0 Å². The summed E-state index contributed by atoms with van der Waals surface area (Å²) in [6, 6.07) is 15.0. The molecule has 35 heavy (non-hydrogen) atoms. The van der Waals surface area contributed by atoms with E-state index in [1.54, 1.807) is 49.6 Å². The molecule has 2 aliphatic rings. The summed E-state index contributed by atoms with van der Waals surface area (Å²) in [6.07, 6.45) is 0. The van der Waals surface area contributed by atoms with Crippen molar-refractivity contribution in [3.63, 3.8) is 0 Å². The highest BCUT2D eigenvalue weighted by atomic mass is 32.1. The number of fused-ring (bicyclic) bond motifs is 1. The topological polar surface area (TPSA) is 94.5 Å². The Morgan fingerprint density at radius 1 is 1.06 bits per heavy atom. The van der Waals surface area contributed by atoms with Crippen molar-refractivity contribution in [2.75, 3.05) is 33.5 Å². The number of likely N-dealkylation sites (tertiary alicyclic amines) is 1. The average molecular weight is 494 g/mol. The fourth-order valence-corrected chi connectivity index (χ4v) is 4.98. The Labute approximate surface area is 205 Å². The number of aliphatic hydroxyl groups is 1. The molecule has 0 bridgehead atoms. The number of Topliss-reactive ketones (excluding diaryl/α,β-unsaturated/α-hetero) is 1. The van der Waals surface area contributed by atoms with E-state index in [-0.39, 0.29) is 24.5 Å². The molecule has 2 aromatic carbocycles. The second-order valence-corrected chi connectivity index (χ2v) is 8.87. The van der Waals surface area contributed by atoms with Gasteiger partial charge in [-0.15, -0.1) is 11.3 Å². The highest BCUT2D eigenvalue weighted by Crippen LogP contribution is 2.42. The fourth-order valence-electron chi connectivity index (χ4n) is 4.13. The summed E-state index contributed by atoms with van der Waals surface area (Å²) in [5, 5.41) is 13.1. The largest absolute Gasteiger partial charge is 0.507 e. The summed E-state index contributed by atoms with van der Waals surface area (Å²) >= 11 is 1.41. The molecule has 0 spiro atoms. The van der Waals surface area contributed by atoms with Crippen LogP contribution in [0.4, 0.5) is 0 Å². The van der Waals surface area contributed by atoms with Crippen molar-refractivity contribution in [3.05, 3.63) is 76.0 Å². The number of carbonyl (C=O) groups excluding carboxylic acids is 2. The Balaban J connectivity index is 1.43. The quantitative estimate of drug-likeness (QED) is 0.302. The number of ether oxygens (including phenoxy) is 4. The van der Waals surface area contributed by atoms with Gasteiger partial charge in [-0.05, 0) is 53.9 Å². The van der Waals surface area contributed by atoms with E-state index in [4.69, 9.17) is 18.9 Å². The lowest BCUT2D eigenvalue weighted by Crippen LogP contribution is -2.33. The van der Waals surface area contributed by atoms with Crippen molar-refractivity contribution < 1.29 is 33.6 Å². The van der Waals surface area contributed by atoms with E-state index in [1.165, 1.54) is 16.2 Å². The maximum Gasteiger partial charge on any atom is 0.295 e. The lowest BCUT2D eigenvalue weighted by atomic mass is 9.99. The van der Waals surface area contributed by atoms with Crippen molar-refractivity contribution in [1.82, 2.24) is 4.90 Å². The van der Waals surface area contributed by atoms with E-state index in [2.05, 4.69) is 0 Å². The summed E-state index contributed by atoms with van der Waals surface area (Å²) in [5.41, 5.74) is 0.418. The molecule has 1 amide bonds. The highest BCUT2D eigenvalue weighted by molar-refractivity contribution is 7.10. The first kappa shape index (κ1) is 22.8. The summed E-state index contributed by atoms with van der Waals surface area (Å²) in [5.74, 6) is 0.707. The first-order valence-corrected chi connectivity index (χ1v) is 11.9. The summed E-state index contributed by atoms with van der Waals surface area (Å²) in [6.45, 7) is 1.17. The molecule has 3 aromatic rings. The summed E-state index contributed by atoms with van der Waals surface area (Å²) in [7, 11) is 1.59. The molecule has 2 aliphatic heterocycles. The van der Waals surface area contributed by atoms with Gasteiger partial charge in [-0.2, -0.15) is 0 Å². The molecule has 5 rings (SSSR count). The van der Waals surface area contributed by atoms with Gasteiger partial charge in [0.25, 0.3) is 11.7 Å². The molecule has 1 saturated heterocycles. The van der Waals surface area contributed by atoms with Crippen LogP contribution in [0.1, 0.15) is 16.5 Å². The van der Waals surface area contributed by atoms with Gasteiger partial charge in [-0.25, -0.2) is 0 Å². The van der Waals surface area contributed by atoms with Crippen molar-refractivity contribution in [3.8, 4) is 23.0 Å². The van der Waals surface area contributed by atoms with Crippen LogP contribution in [0.25, 0.3) is 5.76 Å². The lowest BCUT2D eigenvalue weighted by molar-refractivity contribution is -0.140. The molecule has 1 fully saturated rings. The zero-order chi connectivity index (χ0) is 24.4. The van der Waals surface area contributed by atoms with Gasteiger partial charge in [0, 0.05) is 10.4 Å². The Kier molecular flexibility index (Phi) is 6.33. The van der Waals surface area contributed by atoms with Gasteiger partial charge in [-0.3, -0.25) is 9.59 Å². The molecule has 0 aliphatic carbocycles. The van der Waals surface area contributed by atoms with Crippen LogP contribution in [-0.4, -0.2) is 55.2 Å². The standard InChI is InChI=1S/C26H23NO7S/c1-31-17-5-7-18(8-6-17)32-11-10-27-23(21-3-2-14-35-21)22(25(29)26(27)30)24(28)16-4-9-19-20(15-16)34-13-12-33-19/h2-9,14-15,23,28H,10-13H2,1H3/b24-22-. The van der Waals surface area contributed by atoms with Crippen LogP contribution < -0.4 is 18.9 Å². The number of ketones is 1. The van der Waals surface area contributed by atoms with Gasteiger partial charge in [0.1, 0.15) is 37.1 Å². The van der Waals surface area contributed by atoms with E-state index in [9.17, 15) is 14.7 Å². The van der Waals surface area contributed by atoms with Gasteiger partial charge in [0.2, 0.25) is 0 Å². The number of hydrogen-bond acceptors (Lipinski definition) is 8. The Hall–Kier alpha value is -3.98. The smallest absolute Gasteiger partial charge is 0.295 e. The lowest BCUT2D eigenvalue weighted by Gasteiger charge is -2.24. The van der Waals surface area contributed by atoms with Crippen LogP contribution in [0.5, 0.6) is 23.0 Å². The number of hydrogen-bond donors (Lipinski definition) is 1. The van der Waals surface area contributed by atoms with Crippen LogP contribution >= 0.6 is 11.3 Å². The van der Waals surface area contributed by atoms with Gasteiger partial charge in [0.15, 0.2) is 11.5 Å². The molecule has 9 heteroatoms. The predicted molar refractivity (Wildman–Crippen MR) is 129 cm³/mol. The number of thiophene rings is 1. The first-order chi connectivity index (χ1) is 17.1. The number of benzene rings is 2. The third-order valence-electron chi connectivity index (χ3n) is 5.83. The van der Waals surface area contributed by atoms with Crippen molar-refractivity contribution >= 4 is 28.8 Å². The zero-order valence-corrected chi connectivity index (χ0v) is 19.7. The van der Waals surface area contributed by atoms with Gasteiger partial charge >= 0.3 is 0 Å². The number of nitrogens with zero attached hydrogens (tertiary/aromatic N) is 1. The second-order valence-electron chi connectivity index (χ2n) is 7.89. The molecule has 3 heterocycles. The summed E-state index contributed by atoms with van der Waals surface area (Å²) in [4.78, 5) is 28.4. The minimum atomic E-state index is -0.736. The Morgan fingerprint density at radius 2 is 1.80 bits per heavy atom. The second kappa shape index (κ2) is 9.71. The van der Waals surface area contributed by atoms with E-state index in [0.29, 0.717) is 41.8 Å². The van der Waals surface area contributed by atoms with Gasteiger partial charge < -0.3 is 29.0 Å². The van der Waals surface area contributed by atoms with Crippen LogP contribution in [0.3, 0.4) is 0 Å². The molecule has 1 atom stereocenters. The van der Waals surface area contributed by atoms with Crippen molar-refractivity contribution in [2.45, 2.75) is 6.04 Å². The number of amides is 1. The van der Waals surface area contributed by atoms with Gasteiger partial charge in [0.05, 0.1) is 25.3 Å². The number of carbonyl (C=O) groups is 2. The molecular formula is C26H23NO7S. The molecule has 180 valence electrons. The number of rotatable bonds is 7. The third-order valence-corrected chi connectivity index (χ3v) is 6.75. The fraction of sp³-hybridized carbons (Fsp3) is 0.231. The molecule has 0 radical (unpaired) electrons. The van der Waals surface area contributed by atoms with E-state index in [1.807, 2.05) is 17.5 Å². The molecule has 1 unspecified atom stereocenters. The minimum absolute atomic E-state index is 0.0403. The molecule has 0 saturated carbocycles. The van der Waals surface area contributed by atoms with Crippen molar-refractivity contribution in [1.29, 1.82) is 0 Å². The predicted octanol–water partition coefficient (Wildman–Crippen LogP) is 4.03. The maximum atomic E-state index is 13.1. The van der Waals surface area contributed by atoms with Gasteiger partial charge in [-0.1, -0.05) is 6.07 Å². The van der Waals surface area contributed by atoms with Crippen LogP contribution in [0.2, 0.25) is 0 Å². The highest BCUT2D eigenvalue weighted by Gasteiger charge is 2.46. The van der Waals surface area contributed by atoms with Crippen LogP contribution in [0.15, 0.2) is 65.6 Å². The maximum absolute atomic E-state index is 13.1.